The second kappa shape index (κ2) is 5.06. The Bertz CT molecular complexity index is 676. The lowest BCUT2D eigenvalue weighted by Crippen LogP contribution is -2.52. The van der Waals surface area contributed by atoms with Gasteiger partial charge < -0.3 is 9.52 Å². The highest BCUT2D eigenvalue weighted by Gasteiger charge is 2.32. The standard InChI is InChI=1S/C10H10N2O7S/c13-7-3-1-5(9(14)11-7)12-20(17,18)8-4-2-6(19-8)10(15)16/h2,4-5,12H,1,3H2,(H,15,16)(H,11,13,14). The van der Waals surface area contributed by atoms with Crippen LogP contribution in [0.4, 0.5) is 0 Å². The van der Waals surface area contributed by atoms with Crippen molar-refractivity contribution < 1.29 is 32.3 Å². The van der Waals surface area contributed by atoms with E-state index in [1.54, 1.807) is 0 Å². The lowest BCUT2D eigenvalue weighted by molar-refractivity contribution is -0.134. The average Bonchev–Trinajstić information content (AvgIpc) is 2.83. The first-order chi connectivity index (χ1) is 9.29. The Morgan fingerprint density at radius 1 is 1.40 bits per heavy atom. The molecule has 1 fully saturated rings. The Hall–Kier alpha value is -2.20. The summed E-state index contributed by atoms with van der Waals surface area (Å²) in [6, 6.07) is 0.857. The Morgan fingerprint density at radius 2 is 2.10 bits per heavy atom. The minimum Gasteiger partial charge on any atom is -0.475 e. The Kier molecular flexibility index (Phi) is 3.59. The normalized spacial score (nSPS) is 19.7. The van der Waals surface area contributed by atoms with E-state index in [4.69, 9.17) is 5.11 Å². The number of sulfonamides is 1. The van der Waals surface area contributed by atoms with E-state index in [2.05, 4.69) is 9.14 Å². The maximum atomic E-state index is 11.9. The van der Waals surface area contributed by atoms with Crippen LogP contribution in [0.25, 0.3) is 0 Å². The van der Waals surface area contributed by atoms with Crippen LogP contribution in [0.2, 0.25) is 0 Å². The molecular weight excluding hydrogens is 292 g/mol. The number of rotatable bonds is 4. The van der Waals surface area contributed by atoms with E-state index in [0.717, 1.165) is 12.1 Å². The number of carboxylic acid groups (broad SMARTS) is 1. The number of furan rings is 1. The van der Waals surface area contributed by atoms with Crippen LogP contribution in [0.5, 0.6) is 0 Å². The SMILES string of the molecule is O=C1CCC(NS(=O)(=O)c2ccc(C(=O)O)o2)C(=O)N1. The fraction of sp³-hybridized carbons (Fsp3) is 0.300. The maximum absolute atomic E-state index is 11.9. The lowest BCUT2D eigenvalue weighted by Gasteiger charge is -2.20. The second-order valence-electron chi connectivity index (χ2n) is 4.05. The van der Waals surface area contributed by atoms with Gasteiger partial charge in [0.15, 0.2) is 0 Å². The summed E-state index contributed by atoms with van der Waals surface area (Å²) < 4.78 is 30.5. The van der Waals surface area contributed by atoms with Gasteiger partial charge in [-0.05, 0) is 18.6 Å². The van der Waals surface area contributed by atoms with Crippen LogP contribution in [0.1, 0.15) is 23.4 Å². The Balaban J connectivity index is 2.16. The second-order valence-corrected chi connectivity index (χ2v) is 5.69. The van der Waals surface area contributed by atoms with Crippen molar-refractivity contribution in [3.8, 4) is 0 Å². The zero-order valence-electron chi connectivity index (χ0n) is 9.95. The first-order valence-electron chi connectivity index (χ1n) is 5.49. The summed E-state index contributed by atoms with van der Waals surface area (Å²) in [6.07, 6.45) is 0.0356. The molecule has 1 aliphatic rings. The molecule has 0 spiro atoms. The molecule has 2 rings (SSSR count). The smallest absolute Gasteiger partial charge is 0.371 e. The molecule has 0 bridgehead atoms. The number of aromatic carboxylic acids is 1. The van der Waals surface area contributed by atoms with Gasteiger partial charge in [0.25, 0.3) is 10.0 Å². The van der Waals surface area contributed by atoms with Gasteiger partial charge in [-0.25, -0.2) is 13.2 Å². The molecule has 2 amide bonds. The van der Waals surface area contributed by atoms with Crippen LogP contribution in [0.15, 0.2) is 21.6 Å². The Labute approximate surface area is 113 Å². The third-order valence-corrected chi connectivity index (χ3v) is 3.94. The van der Waals surface area contributed by atoms with Crippen molar-refractivity contribution in [1.29, 1.82) is 0 Å². The van der Waals surface area contributed by atoms with Gasteiger partial charge in [0.05, 0.1) is 0 Å². The van der Waals surface area contributed by atoms with E-state index in [-0.39, 0.29) is 12.8 Å². The molecule has 10 heteroatoms. The summed E-state index contributed by atoms with van der Waals surface area (Å²) in [5, 5.41) is 10.0. The number of carboxylic acids is 1. The minimum absolute atomic E-state index is 0.0114. The van der Waals surface area contributed by atoms with Crippen molar-refractivity contribution in [1.82, 2.24) is 10.0 Å². The molecule has 0 aliphatic carbocycles. The third kappa shape index (κ3) is 2.86. The van der Waals surface area contributed by atoms with E-state index in [0.29, 0.717) is 0 Å². The average molecular weight is 302 g/mol. The van der Waals surface area contributed by atoms with Gasteiger partial charge in [0.1, 0.15) is 6.04 Å². The third-order valence-electron chi connectivity index (χ3n) is 2.59. The number of hydrogen-bond acceptors (Lipinski definition) is 6. The van der Waals surface area contributed by atoms with Crippen LogP contribution in [0.3, 0.4) is 0 Å². The van der Waals surface area contributed by atoms with Crippen LogP contribution >= 0.6 is 0 Å². The van der Waals surface area contributed by atoms with Crippen molar-refractivity contribution in [2.75, 3.05) is 0 Å². The van der Waals surface area contributed by atoms with E-state index in [9.17, 15) is 22.8 Å². The van der Waals surface area contributed by atoms with Gasteiger partial charge in [-0.2, -0.15) is 4.72 Å². The number of hydrogen-bond donors (Lipinski definition) is 3. The van der Waals surface area contributed by atoms with E-state index in [1.165, 1.54) is 0 Å². The zero-order valence-corrected chi connectivity index (χ0v) is 10.8. The van der Waals surface area contributed by atoms with E-state index >= 15 is 0 Å². The molecule has 20 heavy (non-hydrogen) atoms. The summed E-state index contributed by atoms with van der Waals surface area (Å²) in [5.74, 6) is -3.17. The molecule has 1 aliphatic heterocycles. The molecule has 1 aromatic rings. The van der Waals surface area contributed by atoms with Crippen molar-refractivity contribution in [2.45, 2.75) is 24.0 Å². The number of carbonyl (C=O) groups excluding carboxylic acids is 2. The lowest BCUT2D eigenvalue weighted by atomic mass is 10.1. The molecule has 0 aromatic carbocycles. The number of amides is 2. The molecule has 0 radical (unpaired) electrons. The summed E-state index contributed by atoms with van der Waals surface area (Å²) in [5.41, 5.74) is 0. The molecule has 108 valence electrons. The number of piperidine rings is 1. The molecular formula is C10H10N2O7S. The monoisotopic (exact) mass is 302 g/mol. The van der Waals surface area contributed by atoms with Gasteiger partial charge in [-0.15, -0.1) is 0 Å². The zero-order chi connectivity index (χ0) is 14.9. The quantitative estimate of drug-likeness (QED) is 0.609. The predicted molar refractivity (Wildman–Crippen MR) is 62.2 cm³/mol. The van der Waals surface area contributed by atoms with Crippen LogP contribution in [0, 0.1) is 0 Å². The fourth-order valence-electron chi connectivity index (χ4n) is 1.63. The highest BCUT2D eigenvalue weighted by atomic mass is 32.2. The van der Waals surface area contributed by atoms with Gasteiger partial charge in [0.2, 0.25) is 22.7 Å². The molecule has 9 nitrogen and oxygen atoms in total. The largest absolute Gasteiger partial charge is 0.475 e. The van der Waals surface area contributed by atoms with Crippen molar-refractivity contribution in [3.05, 3.63) is 17.9 Å². The summed E-state index contributed by atoms with van der Waals surface area (Å²) in [6.45, 7) is 0. The van der Waals surface area contributed by atoms with E-state index < -0.39 is 44.7 Å². The first-order valence-corrected chi connectivity index (χ1v) is 6.97. The number of carbonyl (C=O) groups is 3. The highest BCUT2D eigenvalue weighted by molar-refractivity contribution is 7.89. The van der Waals surface area contributed by atoms with Crippen molar-refractivity contribution in [2.24, 2.45) is 0 Å². The molecule has 3 N–H and O–H groups in total. The highest BCUT2D eigenvalue weighted by Crippen LogP contribution is 2.16. The van der Waals surface area contributed by atoms with Gasteiger partial charge in [-0.1, -0.05) is 0 Å². The fourth-order valence-corrected chi connectivity index (χ4v) is 2.79. The number of imide groups is 1. The first kappa shape index (κ1) is 14.2. The molecule has 0 saturated carbocycles. The maximum Gasteiger partial charge on any atom is 0.371 e. The molecule has 1 aromatic heterocycles. The van der Waals surface area contributed by atoms with Crippen LogP contribution < -0.4 is 10.0 Å². The van der Waals surface area contributed by atoms with Gasteiger partial charge >= 0.3 is 5.97 Å². The Morgan fingerprint density at radius 3 is 2.65 bits per heavy atom. The van der Waals surface area contributed by atoms with E-state index in [1.807, 2.05) is 5.32 Å². The summed E-state index contributed by atoms with van der Waals surface area (Å²) >= 11 is 0. The number of nitrogens with one attached hydrogen (secondary N) is 2. The van der Waals surface area contributed by atoms with Gasteiger partial charge in [-0.3, -0.25) is 14.9 Å². The predicted octanol–water partition coefficient (Wildman–Crippen LogP) is -0.939. The molecule has 1 atom stereocenters. The summed E-state index contributed by atoms with van der Waals surface area (Å²) in [4.78, 5) is 33.0. The van der Waals surface area contributed by atoms with Gasteiger partial charge in [0, 0.05) is 6.42 Å². The topological polar surface area (TPSA) is 143 Å². The minimum atomic E-state index is -4.18. The van der Waals surface area contributed by atoms with Crippen LogP contribution in [-0.4, -0.2) is 37.3 Å². The molecule has 1 unspecified atom stereocenters. The van der Waals surface area contributed by atoms with Crippen molar-refractivity contribution >= 4 is 27.8 Å². The van der Waals surface area contributed by atoms with Crippen molar-refractivity contribution in [3.63, 3.8) is 0 Å². The van der Waals surface area contributed by atoms with Crippen LogP contribution in [-0.2, 0) is 19.6 Å². The molecule has 1 saturated heterocycles. The molecule has 2 heterocycles. The summed E-state index contributed by atoms with van der Waals surface area (Å²) in [7, 11) is -4.18.